The summed E-state index contributed by atoms with van der Waals surface area (Å²) in [6.45, 7) is 9.54. The average Bonchev–Trinajstić information content (AvgIpc) is 2.20. The van der Waals surface area contributed by atoms with E-state index in [2.05, 4.69) is 9.97 Å². The molecule has 0 saturated heterocycles. The molecule has 1 rings (SSSR count). The summed E-state index contributed by atoms with van der Waals surface area (Å²) in [6, 6.07) is 0. The lowest BCUT2D eigenvalue weighted by Gasteiger charge is -2.05. The van der Waals surface area contributed by atoms with Crippen LogP contribution in [0.3, 0.4) is 0 Å². The number of nitrogens with zero attached hydrogens (tertiary/aromatic N) is 2. The maximum absolute atomic E-state index is 10.7. The molecule has 1 heterocycles. The SMILES string of the molecule is CC.Cc1cnc(C(C)C)nc1C(=O)O. The molecule has 0 unspecified atom stereocenters. The van der Waals surface area contributed by atoms with Gasteiger partial charge >= 0.3 is 5.97 Å². The number of aryl methyl sites for hydroxylation is 1. The maximum atomic E-state index is 10.7. The van der Waals surface area contributed by atoms with E-state index in [9.17, 15) is 4.79 Å². The minimum Gasteiger partial charge on any atom is -0.477 e. The highest BCUT2D eigenvalue weighted by atomic mass is 16.4. The minimum atomic E-state index is -0.998. The van der Waals surface area contributed by atoms with Gasteiger partial charge in [0, 0.05) is 17.7 Å². The fraction of sp³-hybridized carbons (Fsp3) is 0.545. The minimum absolute atomic E-state index is 0.0960. The smallest absolute Gasteiger partial charge is 0.354 e. The molecule has 1 aromatic heterocycles. The van der Waals surface area contributed by atoms with Crippen LogP contribution in [0.1, 0.15) is 55.5 Å². The predicted octanol–water partition coefficient (Wildman–Crippen LogP) is 2.63. The Bertz CT molecular complexity index is 335. The molecule has 0 radical (unpaired) electrons. The summed E-state index contributed by atoms with van der Waals surface area (Å²) in [6.07, 6.45) is 1.55. The van der Waals surface area contributed by atoms with Gasteiger partial charge in [0.1, 0.15) is 5.82 Å². The molecule has 4 heteroatoms. The monoisotopic (exact) mass is 210 g/mol. The molecule has 0 spiro atoms. The van der Waals surface area contributed by atoms with Crippen molar-refractivity contribution in [2.45, 2.75) is 40.5 Å². The maximum Gasteiger partial charge on any atom is 0.354 e. The highest BCUT2D eigenvalue weighted by molar-refractivity contribution is 5.86. The van der Waals surface area contributed by atoms with Gasteiger partial charge in [-0.1, -0.05) is 27.7 Å². The highest BCUT2D eigenvalue weighted by Gasteiger charge is 2.12. The van der Waals surface area contributed by atoms with Crippen molar-refractivity contribution in [3.63, 3.8) is 0 Å². The van der Waals surface area contributed by atoms with Gasteiger partial charge in [0.25, 0.3) is 0 Å². The molecule has 0 saturated carbocycles. The van der Waals surface area contributed by atoms with Gasteiger partial charge in [-0.3, -0.25) is 0 Å². The Kier molecular flexibility index (Phi) is 5.52. The van der Waals surface area contributed by atoms with E-state index in [0.29, 0.717) is 11.4 Å². The zero-order chi connectivity index (χ0) is 12.0. The fourth-order valence-electron chi connectivity index (χ4n) is 0.950. The van der Waals surface area contributed by atoms with Crippen LogP contribution in [-0.4, -0.2) is 21.0 Å². The molecule has 0 aliphatic rings. The highest BCUT2D eigenvalue weighted by Crippen LogP contribution is 2.11. The second-order valence-corrected chi connectivity index (χ2v) is 3.22. The van der Waals surface area contributed by atoms with Gasteiger partial charge in [0.05, 0.1) is 0 Å². The van der Waals surface area contributed by atoms with Crippen LogP contribution in [0.2, 0.25) is 0 Å². The van der Waals surface area contributed by atoms with E-state index in [1.165, 1.54) is 0 Å². The molecular formula is C11H18N2O2. The largest absolute Gasteiger partial charge is 0.477 e. The van der Waals surface area contributed by atoms with E-state index in [1.807, 2.05) is 27.7 Å². The van der Waals surface area contributed by atoms with Gasteiger partial charge in [-0.05, 0) is 6.92 Å². The lowest BCUT2D eigenvalue weighted by Crippen LogP contribution is -2.08. The van der Waals surface area contributed by atoms with E-state index in [-0.39, 0.29) is 11.6 Å². The van der Waals surface area contributed by atoms with Crippen molar-refractivity contribution >= 4 is 5.97 Å². The van der Waals surface area contributed by atoms with Gasteiger partial charge in [-0.15, -0.1) is 0 Å². The van der Waals surface area contributed by atoms with Crippen molar-refractivity contribution < 1.29 is 9.90 Å². The van der Waals surface area contributed by atoms with Crippen LogP contribution in [0.15, 0.2) is 6.20 Å². The first-order chi connectivity index (χ1) is 7.02. The molecule has 0 fully saturated rings. The molecule has 1 N–H and O–H groups in total. The van der Waals surface area contributed by atoms with Crippen LogP contribution in [0.5, 0.6) is 0 Å². The lowest BCUT2D eigenvalue weighted by molar-refractivity contribution is 0.0689. The van der Waals surface area contributed by atoms with Crippen molar-refractivity contribution in [3.8, 4) is 0 Å². The van der Waals surface area contributed by atoms with E-state index >= 15 is 0 Å². The van der Waals surface area contributed by atoms with Gasteiger partial charge < -0.3 is 5.11 Å². The van der Waals surface area contributed by atoms with Crippen LogP contribution in [0, 0.1) is 6.92 Å². The Morgan fingerprint density at radius 3 is 2.33 bits per heavy atom. The Hall–Kier alpha value is -1.45. The molecule has 1 aromatic rings. The number of carboxylic acids is 1. The lowest BCUT2D eigenvalue weighted by atomic mass is 10.2. The molecule has 4 nitrogen and oxygen atoms in total. The summed E-state index contributed by atoms with van der Waals surface area (Å²) >= 11 is 0. The summed E-state index contributed by atoms with van der Waals surface area (Å²) in [7, 11) is 0. The molecule has 0 bridgehead atoms. The molecule has 0 amide bonds. The number of carboxylic acid groups (broad SMARTS) is 1. The van der Waals surface area contributed by atoms with Crippen molar-refractivity contribution in [1.82, 2.24) is 9.97 Å². The Balaban J connectivity index is 0.000000921. The summed E-state index contributed by atoms with van der Waals surface area (Å²) in [5.74, 6) is -0.275. The number of carbonyl (C=O) groups is 1. The van der Waals surface area contributed by atoms with E-state index in [4.69, 9.17) is 5.11 Å². The number of rotatable bonds is 2. The third kappa shape index (κ3) is 3.65. The van der Waals surface area contributed by atoms with Crippen LogP contribution in [0.25, 0.3) is 0 Å². The zero-order valence-electron chi connectivity index (χ0n) is 9.90. The summed E-state index contributed by atoms with van der Waals surface area (Å²) < 4.78 is 0. The van der Waals surface area contributed by atoms with Crippen LogP contribution in [-0.2, 0) is 0 Å². The normalized spacial score (nSPS) is 9.47. The molecule has 84 valence electrons. The average molecular weight is 210 g/mol. The van der Waals surface area contributed by atoms with Gasteiger partial charge in [-0.2, -0.15) is 0 Å². The number of hydrogen-bond acceptors (Lipinski definition) is 3. The third-order valence-electron chi connectivity index (χ3n) is 1.71. The fourth-order valence-corrected chi connectivity index (χ4v) is 0.950. The molecule has 0 aliphatic heterocycles. The quantitative estimate of drug-likeness (QED) is 0.815. The van der Waals surface area contributed by atoms with Crippen molar-refractivity contribution in [2.24, 2.45) is 0 Å². The first kappa shape index (κ1) is 13.5. The topological polar surface area (TPSA) is 63.1 Å². The number of aromatic carboxylic acids is 1. The molecular weight excluding hydrogens is 192 g/mol. The second kappa shape index (κ2) is 6.11. The van der Waals surface area contributed by atoms with Crippen LogP contribution >= 0.6 is 0 Å². The van der Waals surface area contributed by atoms with Gasteiger partial charge in [-0.25, -0.2) is 14.8 Å². The predicted molar refractivity (Wildman–Crippen MR) is 59.2 cm³/mol. The number of hydrogen-bond donors (Lipinski definition) is 1. The van der Waals surface area contributed by atoms with Crippen molar-refractivity contribution in [1.29, 1.82) is 0 Å². The van der Waals surface area contributed by atoms with Crippen molar-refractivity contribution in [3.05, 3.63) is 23.3 Å². The second-order valence-electron chi connectivity index (χ2n) is 3.22. The van der Waals surface area contributed by atoms with E-state index in [0.717, 1.165) is 0 Å². The first-order valence-corrected chi connectivity index (χ1v) is 5.09. The van der Waals surface area contributed by atoms with E-state index < -0.39 is 5.97 Å². The molecule has 0 aliphatic carbocycles. The molecule has 0 atom stereocenters. The van der Waals surface area contributed by atoms with Gasteiger partial charge in [0.15, 0.2) is 5.69 Å². The number of aromatic nitrogens is 2. The third-order valence-corrected chi connectivity index (χ3v) is 1.71. The summed E-state index contributed by atoms with van der Waals surface area (Å²) in [5, 5.41) is 8.78. The Labute approximate surface area is 90.4 Å². The van der Waals surface area contributed by atoms with E-state index in [1.54, 1.807) is 13.1 Å². The zero-order valence-corrected chi connectivity index (χ0v) is 9.90. The summed E-state index contributed by atoms with van der Waals surface area (Å²) in [4.78, 5) is 18.7. The van der Waals surface area contributed by atoms with Gasteiger partial charge in [0.2, 0.25) is 0 Å². The Morgan fingerprint density at radius 2 is 1.93 bits per heavy atom. The Morgan fingerprint density at radius 1 is 1.40 bits per heavy atom. The molecule has 0 aromatic carbocycles. The summed E-state index contributed by atoms with van der Waals surface area (Å²) in [5.41, 5.74) is 0.690. The van der Waals surface area contributed by atoms with Crippen LogP contribution in [0.4, 0.5) is 0 Å². The van der Waals surface area contributed by atoms with Crippen molar-refractivity contribution in [2.75, 3.05) is 0 Å². The van der Waals surface area contributed by atoms with Crippen LogP contribution < -0.4 is 0 Å². The standard InChI is InChI=1S/C9H12N2O2.C2H6/c1-5(2)8-10-4-6(3)7(11-8)9(12)13;1-2/h4-5H,1-3H3,(H,12,13);1-2H3. The molecule has 15 heavy (non-hydrogen) atoms. The first-order valence-electron chi connectivity index (χ1n) is 5.09.